The molecule has 1 aromatic rings. The van der Waals surface area contributed by atoms with E-state index in [1.165, 1.54) is 29.7 Å². The second-order valence-electron chi connectivity index (χ2n) is 7.76. The van der Waals surface area contributed by atoms with Gasteiger partial charge in [-0.15, -0.1) is 11.3 Å². The fourth-order valence-corrected chi connectivity index (χ4v) is 5.70. The molecule has 4 rings (SSSR count). The Hall–Kier alpha value is -1.40. The molecule has 2 aliphatic heterocycles. The number of hydrogen-bond donors (Lipinski definition) is 2. The van der Waals surface area contributed by atoms with Gasteiger partial charge in [-0.1, -0.05) is 6.42 Å². The summed E-state index contributed by atoms with van der Waals surface area (Å²) in [7, 11) is 0. The van der Waals surface area contributed by atoms with Gasteiger partial charge in [0.15, 0.2) is 0 Å². The van der Waals surface area contributed by atoms with Crippen molar-refractivity contribution in [3.05, 3.63) is 16.0 Å². The number of likely N-dealkylation sites (tertiary alicyclic amines) is 1. The maximum Gasteiger partial charge on any atom is 0.257 e. The number of rotatable bonds is 3. The Morgan fingerprint density at radius 1 is 1.00 bits per heavy atom. The molecule has 5 nitrogen and oxygen atoms in total. The van der Waals surface area contributed by atoms with Crippen LogP contribution in [0, 0.1) is 0 Å². The summed E-state index contributed by atoms with van der Waals surface area (Å²) in [5.74, 6) is 0.158. The van der Waals surface area contributed by atoms with E-state index in [-0.39, 0.29) is 17.9 Å². The lowest BCUT2D eigenvalue weighted by Crippen LogP contribution is -2.38. The molecule has 1 aliphatic carbocycles. The number of hydrogen-bond acceptors (Lipinski definition) is 4. The number of piperidine rings is 1. The van der Waals surface area contributed by atoms with Crippen molar-refractivity contribution in [3.63, 3.8) is 0 Å². The molecule has 0 aromatic carbocycles. The Balaban J connectivity index is 1.63. The predicted octanol–water partition coefficient (Wildman–Crippen LogP) is 3.33. The van der Waals surface area contributed by atoms with Crippen LogP contribution in [-0.4, -0.2) is 42.4 Å². The first kappa shape index (κ1) is 18.0. The Morgan fingerprint density at radius 2 is 1.77 bits per heavy atom. The fourth-order valence-electron chi connectivity index (χ4n) is 4.42. The zero-order chi connectivity index (χ0) is 17.9. The van der Waals surface area contributed by atoms with E-state index in [2.05, 4.69) is 10.6 Å². The van der Waals surface area contributed by atoms with Gasteiger partial charge >= 0.3 is 0 Å². The number of nitrogens with zero attached hydrogens (tertiary/aromatic N) is 1. The molecule has 3 heterocycles. The lowest BCUT2D eigenvalue weighted by atomic mass is 10.0. The summed E-state index contributed by atoms with van der Waals surface area (Å²) in [6.45, 7) is 2.60. The number of aryl methyl sites for hydroxylation is 1. The van der Waals surface area contributed by atoms with Crippen molar-refractivity contribution in [2.75, 3.05) is 25.0 Å². The first-order chi connectivity index (χ1) is 12.7. The Bertz CT molecular complexity index is 673. The van der Waals surface area contributed by atoms with Crippen LogP contribution in [0.1, 0.15) is 72.2 Å². The molecule has 0 saturated carbocycles. The predicted molar refractivity (Wildman–Crippen MR) is 105 cm³/mol. The van der Waals surface area contributed by atoms with Crippen molar-refractivity contribution >= 4 is 28.2 Å². The van der Waals surface area contributed by atoms with Gasteiger partial charge in [-0.05, 0) is 69.9 Å². The van der Waals surface area contributed by atoms with Crippen LogP contribution in [0.15, 0.2) is 0 Å². The van der Waals surface area contributed by atoms with Gasteiger partial charge in [-0.25, -0.2) is 0 Å². The normalized spacial score (nSPS) is 23.4. The number of nitrogens with one attached hydrogen (secondary N) is 2. The topological polar surface area (TPSA) is 61.4 Å². The third-order valence-electron chi connectivity index (χ3n) is 5.89. The number of carbonyl (C=O) groups is 2. The van der Waals surface area contributed by atoms with Gasteiger partial charge in [0.25, 0.3) is 5.91 Å². The lowest BCUT2D eigenvalue weighted by Gasteiger charge is -2.27. The lowest BCUT2D eigenvalue weighted by molar-refractivity contribution is -0.117. The molecule has 2 saturated heterocycles. The molecule has 0 radical (unpaired) electrons. The Kier molecular flexibility index (Phi) is 5.60. The molecule has 0 unspecified atom stereocenters. The van der Waals surface area contributed by atoms with Gasteiger partial charge in [0, 0.05) is 18.0 Å². The average Bonchev–Trinajstić information content (AvgIpc) is 3.25. The fraction of sp³-hybridized carbons (Fsp3) is 0.700. The summed E-state index contributed by atoms with van der Waals surface area (Å²) in [6, 6.07) is -0.116. The largest absolute Gasteiger partial charge is 0.339 e. The van der Waals surface area contributed by atoms with E-state index in [4.69, 9.17) is 0 Å². The molecule has 6 heteroatoms. The van der Waals surface area contributed by atoms with Gasteiger partial charge in [0.2, 0.25) is 5.91 Å². The maximum atomic E-state index is 13.3. The molecule has 0 spiro atoms. The molecule has 2 fully saturated rings. The van der Waals surface area contributed by atoms with Crippen molar-refractivity contribution < 1.29 is 9.59 Å². The van der Waals surface area contributed by atoms with E-state index in [1.54, 1.807) is 11.3 Å². The summed E-state index contributed by atoms with van der Waals surface area (Å²) in [5.41, 5.74) is 2.03. The summed E-state index contributed by atoms with van der Waals surface area (Å²) in [5, 5.41) is 7.17. The first-order valence-corrected chi connectivity index (χ1v) is 11.0. The quantitative estimate of drug-likeness (QED) is 0.797. The van der Waals surface area contributed by atoms with Crippen LogP contribution < -0.4 is 10.6 Å². The van der Waals surface area contributed by atoms with Crippen molar-refractivity contribution in [2.24, 2.45) is 0 Å². The highest BCUT2D eigenvalue weighted by atomic mass is 32.1. The van der Waals surface area contributed by atoms with E-state index in [9.17, 15) is 9.59 Å². The second kappa shape index (κ2) is 8.09. The highest BCUT2D eigenvalue weighted by Crippen LogP contribution is 2.38. The SMILES string of the molecule is O=C(Nc1sc2c(c1C(=O)N1CCCCC1)CCCCC2)[C@H]1CCCN1. The van der Waals surface area contributed by atoms with Crippen LogP contribution in [-0.2, 0) is 17.6 Å². The molecule has 0 bridgehead atoms. The number of anilines is 1. The number of carbonyl (C=O) groups excluding carboxylic acids is 2. The standard InChI is InChI=1S/C20H29N3O2S/c24-18(15-9-7-11-21-15)22-19-17(20(25)23-12-5-2-6-13-23)14-8-3-1-4-10-16(14)26-19/h15,21H,1-13H2,(H,22,24)/t15-/m1/s1. The molecule has 142 valence electrons. The molecule has 3 aliphatic rings. The molecule has 26 heavy (non-hydrogen) atoms. The average molecular weight is 376 g/mol. The van der Waals surface area contributed by atoms with Gasteiger partial charge < -0.3 is 15.5 Å². The van der Waals surface area contributed by atoms with E-state index in [0.717, 1.165) is 75.1 Å². The van der Waals surface area contributed by atoms with Crippen LogP contribution in [0.5, 0.6) is 0 Å². The molecule has 1 atom stereocenters. The maximum absolute atomic E-state index is 13.3. The van der Waals surface area contributed by atoms with Crippen LogP contribution in [0.2, 0.25) is 0 Å². The number of thiophene rings is 1. The van der Waals surface area contributed by atoms with Crippen LogP contribution in [0.3, 0.4) is 0 Å². The summed E-state index contributed by atoms with van der Waals surface area (Å²) >= 11 is 1.65. The van der Waals surface area contributed by atoms with Gasteiger partial charge in [0.1, 0.15) is 5.00 Å². The zero-order valence-corrected chi connectivity index (χ0v) is 16.3. The summed E-state index contributed by atoms with van der Waals surface area (Å²) < 4.78 is 0. The first-order valence-electron chi connectivity index (χ1n) is 10.2. The van der Waals surface area contributed by atoms with Crippen LogP contribution in [0.4, 0.5) is 5.00 Å². The second-order valence-corrected chi connectivity index (χ2v) is 8.86. The van der Waals surface area contributed by atoms with Crippen molar-refractivity contribution in [3.8, 4) is 0 Å². The minimum Gasteiger partial charge on any atom is -0.339 e. The highest BCUT2D eigenvalue weighted by molar-refractivity contribution is 7.17. The van der Waals surface area contributed by atoms with Crippen LogP contribution >= 0.6 is 11.3 Å². The number of amides is 2. The van der Waals surface area contributed by atoms with Gasteiger partial charge in [0.05, 0.1) is 11.6 Å². The van der Waals surface area contributed by atoms with E-state index in [0.29, 0.717) is 0 Å². The Morgan fingerprint density at radius 3 is 2.54 bits per heavy atom. The van der Waals surface area contributed by atoms with Crippen molar-refractivity contribution in [1.29, 1.82) is 0 Å². The van der Waals surface area contributed by atoms with Gasteiger partial charge in [-0.2, -0.15) is 0 Å². The zero-order valence-electron chi connectivity index (χ0n) is 15.4. The monoisotopic (exact) mass is 375 g/mol. The summed E-state index contributed by atoms with van der Waals surface area (Å²) in [6.07, 6.45) is 10.9. The van der Waals surface area contributed by atoms with E-state index < -0.39 is 0 Å². The van der Waals surface area contributed by atoms with Crippen molar-refractivity contribution in [1.82, 2.24) is 10.2 Å². The molecular formula is C20H29N3O2S. The molecule has 2 N–H and O–H groups in total. The third-order valence-corrected chi connectivity index (χ3v) is 7.10. The molecule has 1 aromatic heterocycles. The molecular weight excluding hydrogens is 346 g/mol. The summed E-state index contributed by atoms with van der Waals surface area (Å²) in [4.78, 5) is 29.3. The smallest absolute Gasteiger partial charge is 0.257 e. The van der Waals surface area contributed by atoms with Crippen molar-refractivity contribution in [2.45, 2.75) is 70.3 Å². The van der Waals surface area contributed by atoms with Gasteiger partial charge in [-0.3, -0.25) is 9.59 Å². The van der Waals surface area contributed by atoms with Crippen LogP contribution in [0.25, 0.3) is 0 Å². The highest BCUT2D eigenvalue weighted by Gasteiger charge is 2.31. The minimum atomic E-state index is -0.116. The van der Waals surface area contributed by atoms with E-state index in [1.807, 2.05) is 4.90 Å². The Labute approximate surface area is 159 Å². The molecule has 2 amide bonds. The minimum absolute atomic E-state index is 0.0200. The number of fused-ring (bicyclic) bond motifs is 1. The van der Waals surface area contributed by atoms with E-state index >= 15 is 0 Å². The third kappa shape index (κ3) is 3.67.